The highest BCUT2D eigenvalue weighted by atomic mass is 35.5. The molecule has 0 fully saturated rings. The van der Waals surface area contributed by atoms with Gasteiger partial charge in [0.15, 0.2) is 0 Å². The van der Waals surface area contributed by atoms with Gasteiger partial charge in [0.25, 0.3) is 0 Å². The summed E-state index contributed by atoms with van der Waals surface area (Å²) in [7, 11) is 0. The molecule has 114 valence electrons. The third-order valence-corrected chi connectivity index (χ3v) is 3.98. The summed E-state index contributed by atoms with van der Waals surface area (Å²) in [6.07, 6.45) is 2.03. The first kappa shape index (κ1) is 16.1. The smallest absolute Gasteiger partial charge is 0.0762 e. The second-order valence-corrected chi connectivity index (χ2v) is 5.55. The number of rotatable bonds is 7. The van der Waals surface area contributed by atoms with Crippen LogP contribution < -0.4 is 5.32 Å². The first-order valence-corrected chi connectivity index (χ1v) is 8.13. The van der Waals surface area contributed by atoms with Crippen LogP contribution in [0.3, 0.4) is 0 Å². The number of hydrogen-bond acceptors (Lipinski definition) is 2. The van der Waals surface area contributed by atoms with E-state index in [0.29, 0.717) is 0 Å². The van der Waals surface area contributed by atoms with Gasteiger partial charge in [-0.15, -0.1) is 0 Å². The van der Waals surface area contributed by atoms with Gasteiger partial charge in [0, 0.05) is 11.6 Å². The lowest BCUT2D eigenvalue weighted by molar-refractivity contribution is 0.528. The molecule has 2 aromatic rings. The van der Waals surface area contributed by atoms with E-state index in [9.17, 15) is 0 Å². The van der Waals surface area contributed by atoms with Crippen molar-refractivity contribution in [2.24, 2.45) is 0 Å². The Balaban J connectivity index is 2.45. The van der Waals surface area contributed by atoms with Crippen LogP contribution in [0.5, 0.6) is 0 Å². The third kappa shape index (κ3) is 3.66. The Labute approximate surface area is 132 Å². The Hall–Kier alpha value is -1.32. The molecule has 0 aliphatic carbocycles. The number of aromatic nitrogens is 2. The standard InChI is InChI=1S/C17H24ClN3/c1-4-11-19-17(14-9-7-8-10-15(14)18)16-12-13(5-2)20-21(16)6-3/h7-10,12,17,19H,4-6,11H2,1-3H3. The van der Waals surface area contributed by atoms with Gasteiger partial charge in [0.1, 0.15) is 0 Å². The van der Waals surface area contributed by atoms with Crippen LogP contribution in [-0.4, -0.2) is 16.3 Å². The van der Waals surface area contributed by atoms with Gasteiger partial charge in [-0.05, 0) is 44.0 Å². The van der Waals surface area contributed by atoms with Crippen LogP contribution in [-0.2, 0) is 13.0 Å². The summed E-state index contributed by atoms with van der Waals surface area (Å²) in [4.78, 5) is 0. The summed E-state index contributed by atoms with van der Waals surface area (Å²) in [5, 5.41) is 9.07. The lowest BCUT2D eigenvalue weighted by Gasteiger charge is -2.21. The predicted molar refractivity (Wildman–Crippen MR) is 88.9 cm³/mol. The maximum Gasteiger partial charge on any atom is 0.0762 e. The largest absolute Gasteiger partial charge is 0.305 e. The third-order valence-electron chi connectivity index (χ3n) is 3.63. The fraction of sp³-hybridized carbons (Fsp3) is 0.471. The molecule has 1 N–H and O–H groups in total. The van der Waals surface area contributed by atoms with E-state index in [1.54, 1.807) is 0 Å². The highest BCUT2D eigenvalue weighted by Crippen LogP contribution is 2.29. The van der Waals surface area contributed by atoms with Crippen molar-refractivity contribution >= 4 is 11.6 Å². The van der Waals surface area contributed by atoms with Crippen LogP contribution in [0, 0.1) is 0 Å². The number of nitrogens with one attached hydrogen (secondary N) is 1. The zero-order chi connectivity index (χ0) is 15.2. The van der Waals surface area contributed by atoms with Gasteiger partial charge < -0.3 is 5.32 Å². The average Bonchev–Trinajstić information content (AvgIpc) is 2.92. The summed E-state index contributed by atoms with van der Waals surface area (Å²) in [5.74, 6) is 0. The van der Waals surface area contributed by atoms with Crippen molar-refractivity contribution in [2.75, 3.05) is 6.54 Å². The minimum atomic E-state index is 0.0893. The topological polar surface area (TPSA) is 29.9 Å². The minimum Gasteiger partial charge on any atom is -0.305 e. The second-order valence-electron chi connectivity index (χ2n) is 5.14. The number of halogens is 1. The summed E-state index contributed by atoms with van der Waals surface area (Å²) in [5.41, 5.74) is 3.43. The first-order chi connectivity index (χ1) is 10.2. The molecule has 1 aromatic carbocycles. The highest BCUT2D eigenvalue weighted by Gasteiger charge is 2.20. The Morgan fingerprint density at radius 2 is 2.00 bits per heavy atom. The molecule has 1 unspecified atom stereocenters. The van der Waals surface area contributed by atoms with Crippen LogP contribution in [0.2, 0.25) is 5.02 Å². The maximum atomic E-state index is 6.41. The fourth-order valence-corrected chi connectivity index (χ4v) is 2.76. The second kappa shape index (κ2) is 7.62. The summed E-state index contributed by atoms with van der Waals surface area (Å²) >= 11 is 6.41. The maximum absolute atomic E-state index is 6.41. The zero-order valence-corrected chi connectivity index (χ0v) is 13.8. The monoisotopic (exact) mass is 305 g/mol. The molecule has 0 aliphatic rings. The van der Waals surface area contributed by atoms with Gasteiger partial charge in [-0.3, -0.25) is 4.68 Å². The molecule has 2 rings (SSSR count). The first-order valence-electron chi connectivity index (χ1n) is 7.75. The van der Waals surface area contributed by atoms with Crippen LogP contribution >= 0.6 is 11.6 Å². The van der Waals surface area contributed by atoms with Gasteiger partial charge >= 0.3 is 0 Å². The number of benzene rings is 1. The Morgan fingerprint density at radius 1 is 1.24 bits per heavy atom. The molecule has 0 spiro atoms. The summed E-state index contributed by atoms with van der Waals surface area (Å²) in [6.45, 7) is 8.25. The van der Waals surface area contributed by atoms with Gasteiger partial charge in [-0.1, -0.05) is 43.6 Å². The highest BCUT2D eigenvalue weighted by molar-refractivity contribution is 6.31. The van der Waals surface area contributed by atoms with Crippen LogP contribution in [0.1, 0.15) is 50.2 Å². The van der Waals surface area contributed by atoms with Crippen molar-refractivity contribution in [3.8, 4) is 0 Å². The van der Waals surface area contributed by atoms with Crippen molar-refractivity contribution in [3.63, 3.8) is 0 Å². The molecule has 3 nitrogen and oxygen atoms in total. The molecule has 0 saturated heterocycles. The Morgan fingerprint density at radius 3 is 2.62 bits per heavy atom. The molecule has 1 atom stereocenters. The Bertz CT molecular complexity index is 577. The van der Waals surface area contributed by atoms with E-state index in [2.05, 4.69) is 48.0 Å². The van der Waals surface area contributed by atoms with Crippen molar-refractivity contribution < 1.29 is 0 Å². The normalized spacial score (nSPS) is 12.6. The SMILES string of the molecule is CCCNC(c1ccccc1Cl)c1cc(CC)nn1CC. The Kier molecular flexibility index (Phi) is 5.83. The minimum absolute atomic E-state index is 0.0893. The van der Waals surface area contributed by atoms with Crippen LogP contribution in [0.4, 0.5) is 0 Å². The molecule has 21 heavy (non-hydrogen) atoms. The molecule has 0 bridgehead atoms. The van der Waals surface area contributed by atoms with Crippen molar-refractivity contribution in [1.29, 1.82) is 0 Å². The van der Waals surface area contributed by atoms with E-state index < -0.39 is 0 Å². The van der Waals surface area contributed by atoms with Gasteiger partial charge in [0.2, 0.25) is 0 Å². The van der Waals surface area contributed by atoms with E-state index in [1.807, 2.05) is 18.2 Å². The zero-order valence-electron chi connectivity index (χ0n) is 13.1. The lowest BCUT2D eigenvalue weighted by atomic mass is 10.0. The molecule has 0 amide bonds. The number of aryl methyl sites for hydroxylation is 2. The van der Waals surface area contributed by atoms with Crippen LogP contribution in [0.15, 0.2) is 30.3 Å². The molecule has 1 aromatic heterocycles. The number of nitrogens with zero attached hydrogens (tertiary/aromatic N) is 2. The number of hydrogen-bond donors (Lipinski definition) is 1. The van der Waals surface area contributed by atoms with Crippen molar-refractivity contribution in [3.05, 3.63) is 52.3 Å². The molecular formula is C17H24ClN3. The molecule has 1 heterocycles. The van der Waals surface area contributed by atoms with E-state index >= 15 is 0 Å². The lowest BCUT2D eigenvalue weighted by Crippen LogP contribution is -2.26. The quantitative estimate of drug-likeness (QED) is 0.830. The predicted octanol–water partition coefficient (Wildman–Crippen LogP) is 4.21. The molecule has 0 aliphatic heterocycles. The molecule has 0 saturated carbocycles. The van der Waals surface area contributed by atoms with E-state index in [-0.39, 0.29) is 6.04 Å². The van der Waals surface area contributed by atoms with Gasteiger partial charge in [-0.2, -0.15) is 5.10 Å². The van der Waals surface area contributed by atoms with Crippen molar-refractivity contribution in [1.82, 2.24) is 15.1 Å². The van der Waals surface area contributed by atoms with E-state index in [1.165, 1.54) is 5.69 Å². The molecule has 4 heteroatoms. The average molecular weight is 306 g/mol. The molecule has 0 radical (unpaired) electrons. The fourth-order valence-electron chi connectivity index (χ4n) is 2.52. The summed E-state index contributed by atoms with van der Waals surface area (Å²) < 4.78 is 2.08. The molecular weight excluding hydrogens is 282 g/mol. The van der Waals surface area contributed by atoms with Gasteiger partial charge in [0.05, 0.1) is 17.4 Å². The van der Waals surface area contributed by atoms with E-state index in [4.69, 9.17) is 11.6 Å². The van der Waals surface area contributed by atoms with E-state index in [0.717, 1.165) is 42.2 Å². The van der Waals surface area contributed by atoms with Crippen LogP contribution in [0.25, 0.3) is 0 Å². The van der Waals surface area contributed by atoms with Gasteiger partial charge in [-0.25, -0.2) is 0 Å². The summed E-state index contributed by atoms with van der Waals surface area (Å²) in [6, 6.07) is 10.3. The van der Waals surface area contributed by atoms with Crippen molar-refractivity contribution in [2.45, 2.75) is 46.2 Å².